The van der Waals surface area contributed by atoms with Crippen LogP contribution in [0.2, 0.25) is 0 Å². The number of carbonyl (C=O) groups excluding carboxylic acids is 2. The normalized spacial score (nSPS) is 10.7. The molecule has 0 aliphatic rings. The predicted molar refractivity (Wildman–Crippen MR) is 88.3 cm³/mol. The number of rotatable bonds is 4. The Morgan fingerprint density at radius 3 is 2.68 bits per heavy atom. The first kappa shape index (κ1) is 16.6. The second-order valence-electron chi connectivity index (χ2n) is 5.35. The summed E-state index contributed by atoms with van der Waals surface area (Å²) in [6.45, 7) is -0.173. The van der Waals surface area contributed by atoms with E-state index in [4.69, 9.17) is 4.74 Å². The number of aromatic nitrogens is 1. The fourth-order valence-electron chi connectivity index (χ4n) is 2.59. The molecule has 0 aliphatic carbocycles. The molecule has 0 atom stereocenters. The van der Waals surface area contributed by atoms with Gasteiger partial charge >= 0.3 is 5.97 Å². The van der Waals surface area contributed by atoms with Gasteiger partial charge in [0.05, 0.1) is 18.4 Å². The van der Waals surface area contributed by atoms with E-state index in [2.05, 4.69) is 5.32 Å². The minimum atomic E-state index is -0.734. The summed E-state index contributed by atoms with van der Waals surface area (Å²) in [5.41, 5.74) is 0.732. The van der Waals surface area contributed by atoms with E-state index >= 15 is 0 Å². The zero-order valence-corrected chi connectivity index (χ0v) is 13.3. The number of anilines is 1. The summed E-state index contributed by atoms with van der Waals surface area (Å²) in [5.74, 6) is -2.47. The molecule has 25 heavy (non-hydrogen) atoms. The predicted octanol–water partition coefficient (Wildman–Crippen LogP) is 3.34. The molecule has 2 aromatic carbocycles. The van der Waals surface area contributed by atoms with Gasteiger partial charge in [0.1, 0.15) is 18.2 Å². The molecule has 0 radical (unpaired) electrons. The Morgan fingerprint density at radius 2 is 1.92 bits per heavy atom. The molecule has 0 bridgehead atoms. The number of methoxy groups -OCH3 is 1. The number of halogens is 2. The van der Waals surface area contributed by atoms with Crippen LogP contribution < -0.4 is 5.32 Å². The zero-order chi connectivity index (χ0) is 18.0. The number of hydrogen-bond donors (Lipinski definition) is 1. The van der Waals surface area contributed by atoms with Crippen molar-refractivity contribution in [2.45, 2.75) is 6.54 Å². The molecule has 0 saturated heterocycles. The van der Waals surface area contributed by atoms with Crippen LogP contribution in [0.1, 0.15) is 10.4 Å². The van der Waals surface area contributed by atoms with E-state index in [-0.39, 0.29) is 12.2 Å². The average molecular weight is 344 g/mol. The number of carbonyl (C=O) groups is 2. The zero-order valence-electron chi connectivity index (χ0n) is 13.3. The second kappa shape index (κ2) is 6.72. The summed E-state index contributed by atoms with van der Waals surface area (Å²) in [6.07, 6.45) is 1.50. The number of nitrogens with zero attached hydrogens (tertiary/aromatic N) is 1. The number of benzene rings is 2. The van der Waals surface area contributed by atoms with E-state index in [0.717, 1.165) is 18.2 Å². The van der Waals surface area contributed by atoms with Gasteiger partial charge < -0.3 is 14.6 Å². The second-order valence-corrected chi connectivity index (χ2v) is 5.35. The third kappa shape index (κ3) is 3.35. The smallest absolute Gasteiger partial charge is 0.340 e. The molecule has 1 heterocycles. The molecule has 1 amide bonds. The van der Waals surface area contributed by atoms with Gasteiger partial charge in [-0.05, 0) is 18.2 Å². The molecule has 3 aromatic rings. The van der Waals surface area contributed by atoms with Crippen molar-refractivity contribution in [1.29, 1.82) is 0 Å². The maximum Gasteiger partial charge on any atom is 0.340 e. The molecule has 0 spiro atoms. The third-order valence-corrected chi connectivity index (χ3v) is 3.71. The maximum atomic E-state index is 13.6. The average Bonchev–Trinajstić information content (AvgIpc) is 2.96. The minimum absolute atomic E-state index is 0.173. The molecule has 7 heteroatoms. The van der Waals surface area contributed by atoms with Gasteiger partial charge in [-0.15, -0.1) is 0 Å². The van der Waals surface area contributed by atoms with Crippen LogP contribution in [-0.2, 0) is 16.1 Å². The van der Waals surface area contributed by atoms with E-state index in [1.807, 2.05) is 0 Å². The highest BCUT2D eigenvalue weighted by Crippen LogP contribution is 2.22. The number of para-hydroxylation sites is 1. The fraction of sp³-hybridized carbons (Fsp3) is 0.111. The Labute approximate surface area is 141 Å². The Kier molecular flexibility index (Phi) is 4.47. The van der Waals surface area contributed by atoms with E-state index in [1.54, 1.807) is 28.8 Å². The number of esters is 1. The molecule has 1 N–H and O–H groups in total. The van der Waals surface area contributed by atoms with Crippen molar-refractivity contribution in [1.82, 2.24) is 4.57 Å². The van der Waals surface area contributed by atoms with Crippen LogP contribution in [0.4, 0.5) is 14.5 Å². The molecule has 0 fully saturated rings. The van der Waals surface area contributed by atoms with Crippen LogP contribution in [0, 0.1) is 11.6 Å². The van der Waals surface area contributed by atoms with Crippen molar-refractivity contribution < 1.29 is 23.1 Å². The Morgan fingerprint density at radius 1 is 1.16 bits per heavy atom. The molecule has 0 saturated carbocycles. The molecule has 0 aliphatic heterocycles. The summed E-state index contributed by atoms with van der Waals surface area (Å²) in [5, 5.41) is 2.96. The lowest BCUT2D eigenvalue weighted by molar-refractivity contribution is -0.116. The summed E-state index contributed by atoms with van der Waals surface area (Å²) in [7, 11) is 1.27. The van der Waals surface area contributed by atoms with Crippen molar-refractivity contribution in [3.63, 3.8) is 0 Å². The third-order valence-electron chi connectivity index (χ3n) is 3.71. The highest BCUT2D eigenvalue weighted by molar-refractivity contribution is 6.04. The molecular weight excluding hydrogens is 330 g/mol. The van der Waals surface area contributed by atoms with Crippen LogP contribution in [0.15, 0.2) is 48.7 Å². The van der Waals surface area contributed by atoms with Crippen molar-refractivity contribution >= 4 is 28.5 Å². The number of ether oxygens (including phenoxy) is 1. The van der Waals surface area contributed by atoms with E-state index in [0.29, 0.717) is 16.5 Å². The molecule has 0 unspecified atom stereocenters. The minimum Gasteiger partial charge on any atom is -0.465 e. The Balaban J connectivity index is 1.89. The standard InChI is InChI=1S/C18H14F2N2O3/c1-25-18(24)13-9-22(16-5-3-2-4-12(13)16)10-17(23)21-15-8-11(19)6-7-14(15)20/h2-9H,10H2,1H3,(H,21,23). The number of nitrogens with one attached hydrogen (secondary N) is 1. The molecular formula is C18H14F2N2O3. The van der Waals surface area contributed by atoms with Crippen molar-refractivity contribution in [2.24, 2.45) is 0 Å². The van der Waals surface area contributed by atoms with Crippen LogP contribution >= 0.6 is 0 Å². The van der Waals surface area contributed by atoms with Gasteiger partial charge in [0.2, 0.25) is 5.91 Å². The first-order valence-corrected chi connectivity index (χ1v) is 7.40. The van der Waals surface area contributed by atoms with Crippen molar-refractivity contribution in [3.8, 4) is 0 Å². The van der Waals surface area contributed by atoms with Gasteiger partial charge in [-0.3, -0.25) is 4.79 Å². The molecule has 5 nitrogen and oxygen atoms in total. The molecule has 3 rings (SSSR count). The summed E-state index contributed by atoms with van der Waals surface area (Å²) in [6, 6.07) is 9.82. The number of amides is 1. The van der Waals surface area contributed by atoms with Gasteiger partial charge in [0, 0.05) is 23.2 Å². The van der Waals surface area contributed by atoms with E-state index in [1.165, 1.54) is 13.3 Å². The summed E-state index contributed by atoms with van der Waals surface area (Å²) < 4.78 is 33.1. The van der Waals surface area contributed by atoms with Gasteiger partial charge in [-0.2, -0.15) is 0 Å². The quantitative estimate of drug-likeness (QED) is 0.739. The number of fused-ring (bicyclic) bond motifs is 1. The van der Waals surface area contributed by atoms with Crippen molar-refractivity contribution in [2.75, 3.05) is 12.4 Å². The summed E-state index contributed by atoms with van der Waals surface area (Å²) >= 11 is 0. The highest BCUT2D eigenvalue weighted by Gasteiger charge is 2.17. The lowest BCUT2D eigenvalue weighted by Gasteiger charge is -2.08. The van der Waals surface area contributed by atoms with Crippen LogP contribution in [0.5, 0.6) is 0 Å². The lowest BCUT2D eigenvalue weighted by Crippen LogP contribution is -2.19. The Hall–Kier alpha value is -3.22. The SMILES string of the molecule is COC(=O)c1cn(CC(=O)Nc2cc(F)ccc2F)c2ccccc12. The monoisotopic (exact) mass is 344 g/mol. The first-order valence-electron chi connectivity index (χ1n) is 7.40. The van der Waals surface area contributed by atoms with Crippen LogP contribution in [0.3, 0.4) is 0 Å². The number of hydrogen-bond acceptors (Lipinski definition) is 3. The van der Waals surface area contributed by atoms with E-state index < -0.39 is 23.5 Å². The van der Waals surface area contributed by atoms with Gasteiger partial charge in [-0.1, -0.05) is 18.2 Å². The highest BCUT2D eigenvalue weighted by atomic mass is 19.1. The van der Waals surface area contributed by atoms with Crippen molar-refractivity contribution in [3.05, 3.63) is 65.9 Å². The lowest BCUT2D eigenvalue weighted by atomic mass is 10.2. The topological polar surface area (TPSA) is 60.3 Å². The van der Waals surface area contributed by atoms with Gasteiger partial charge in [0.15, 0.2) is 0 Å². The molecule has 128 valence electrons. The summed E-state index contributed by atoms with van der Waals surface area (Å²) in [4.78, 5) is 24.1. The van der Waals surface area contributed by atoms with E-state index in [9.17, 15) is 18.4 Å². The largest absolute Gasteiger partial charge is 0.465 e. The van der Waals surface area contributed by atoms with Gasteiger partial charge in [-0.25, -0.2) is 13.6 Å². The van der Waals surface area contributed by atoms with Crippen LogP contribution in [-0.4, -0.2) is 23.6 Å². The fourth-order valence-corrected chi connectivity index (χ4v) is 2.59. The van der Waals surface area contributed by atoms with Crippen LogP contribution in [0.25, 0.3) is 10.9 Å². The maximum absolute atomic E-state index is 13.6. The Bertz CT molecular complexity index is 966. The first-order chi connectivity index (χ1) is 12.0. The van der Waals surface area contributed by atoms with Gasteiger partial charge in [0.25, 0.3) is 0 Å². The molecule has 1 aromatic heterocycles.